The summed E-state index contributed by atoms with van der Waals surface area (Å²) in [5.74, 6) is -1.25. The zero-order valence-electron chi connectivity index (χ0n) is 13.2. The predicted octanol–water partition coefficient (Wildman–Crippen LogP) is 0.363. The number of hydrogen-bond acceptors (Lipinski definition) is 6. The highest BCUT2D eigenvalue weighted by Crippen LogP contribution is 2.02. The van der Waals surface area contributed by atoms with Crippen LogP contribution in [0.4, 0.5) is 0 Å². The Morgan fingerprint density at radius 1 is 0.958 bits per heavy atom. The topological polar surface area (TPSA) is 111 Å². The van der Waals surface area contributed by atoms with E-state index in [4.69, 9.17) is 19.3 Å². The third-order valence-electron chi connectivity index (χ3n) is 2.81. The van der Waals surface area contributed by atoms with E-state index in [0.717, 1.165) is 6.29 Å². The van der Waals surface area contributed by atoms with Crippen LogP contribution in [0.2, 0.25) is 0 Å². The SMILES string of the molecule is O=Cc1ccc(C(=O)NCCOCCOCCOCC(=O)O)cc1. The van der Waals surface area contributed by atoms with Crippen LogP contribution in [0.5, 0.6) is 0 Å². The summed E-state index contributed by atoms with van der Waals surface area (Å²) in [5, 5.41) is 11.0. The second kappa shape index (κ2) is 12.2. The van der Waals surface area contributed by atoms with E-state index in [1.165, 1.54) is 0 Å². The molecule has 0 aliphatic heterocycles. The molecule has 0 bridgehead atoms. The molecular formula is C16H21NO7. The van der Waals surface area contributed by atoms with Crippen LogP contribution in [0, 0.1) is 0 Å². The van der Waals surface area contributed by atoms with Crippen molar-refractivity contribution in [2.75, 3.05) is 46.2 Å². The Bertz CT molecular complexity index is 516. The van der Waals surface area contributed by atoms with Gasteiger partial charge >= 0.3 is 5.97 Å². The number of aliphatic carboxylic acids is 1. The molecule has 0 saturated heterocycles. The first-order valence-electron chi connectivity index (χ1n) is 7.42. The Kier molecular flexibility index (Phi) is 10.0. The Labute approximate surface area is 139 Å². The van der Waals surface area contributed by atoms with Crippen molar-refractivity contribution in [1.82, 2.24) is 5.32 Å². The standard InChI is InChI=1S/C16H21NO7/c18-11-13-1-3-14(4-2-13)16(21)17-5-6-22-7-8-23-9-10-24-12-15(19)20/h1-4,11H,5-10,12H2,(H,17,21)(H,19,20). The molecule has 1 aromatic rings. The molecule has 0 aromatic heterocycles. The van der Waals surface area contributed by atoms with Gasteiger partial charge in [0.05, 0.1) is 33.0 Å². The van der Waals surface area contributed by atoms with E-state index in [-0.39, 0.29) is 19.1 Å². The van der Waals surface area contributed by atoms with Crippen LogP contribution >= 0.6 is 0 Å². The lowest BCUT2D eigenvalue weighted by molar-refractivity contribution is -0.142. The number of aldehydes is 1. The third kappa shape index (κ3) is 8.99. The number of rotatable bonds is 13. The van der Waals surface area contributed by atoms with Gasteiger partial charge in [0, 0.05) is 17.7 Å². The molecule has 8 heteroatoms. The molecule has 0 radical (unpaired) electrons. The normalized spacial score (nSPS) is 10.3. The minimum atomic E-state index is -1.01. The average Bonchev–Trinajstić information content (AvgIpc) is 2.59. The van der Waals surface area contributed by atoms with E-state index in [1.54, 1.807) is 24.3 Å². The van der Waals surface area contributed by atoms with Gasteiger partial charge in [0.2, 0.25) is 0 Å². The highest BCUT2D eigenvalue weighted by Gasteiger charge is 2.04. The van der Waals surface area contributed by atoms with Gasteiger partial charge in [0.15, 0.2) is 0 Å². The van der Waals surface area contributed by atoms with Crippen molar-refractivity contribution in [1.29, 1.82) is 0 Å². The van der Waals surface area contributed by atoms with Crippen LogP contribution < -0.4 is 5.32 Å². The van der Waals surface area contributed by atoms with Crippen LogP contribution in [-0.2, 0) is 19.0 Å². The van der Waals surface area contributed by atoms with Crippen LogP contribution in [0.1, 0.15) is 20.7 Å². The summed E-state index contributed by atoms with van der Waals surface area (Å²) in [7, 11) is 0. The summed E-state index contributed by atoms with van der Waals surface area (Å²) in [5.41, 5.74) is 0.994. The smallest absolute Gasteiger partial charge is 0.329 e. The highest BCUT2D eigenvalue weighted by atomic mass is 16.5. The van der Waals surface area contributed by atoms with E-state index in [1.807, 2.05) is 0 Å². The Hall–Kier alpha value is -2.29. The number of nitrogens with one attached hydrogen (secondary N) is 1. The van der Waals surface area contributed by atoms with Gasteiger partial charge < -0.3 is 24.6 Å². The Balaban J connectivity index is 1.97. The van der Waals surface area contributed by atoms with E-state index in [0.29, 0.717) is 44.1 Å². The zero-order chi connectivity index (χ0) is 17.6. The number of carbonyl (C=O) groups is 3. The summed E-state index contributed by atoms with van der Waals surface area (Å²) in [6.45, 7) is 1.60. The van der Waals surface area contributed by atoms with Crippen molar-refractivity contribution < 1.29 is 33.7 Å². The molecule has 0 saturated carbocycles. The second-order valence-corrected chi connectivity index (χ2v) is 4.67. The lowest BCUT2D eigenvalue weighted by atomic mass is 10.1. The van der Waals surface area contributed by atoms with Crippen molar-refractivity contribution >= 4 is 18.2 Å². The molecule has 132 valence electrons. The summed E-state index contributed by atoms with van der Waals surface area (Å²) >= 11 is 0. The first-order valence-corrected chi connectivity index (χ1v) is 7.42. The second-order valence-electron chi connectivity index (χ2n) is 4.67. The van der Waals surface area contributed by atoms with E-state index in [9.17, 15) is 14.4 Å². The van der Waals surface area contributed by atoms with Crippen molar-refractivity contribution in [3.05, 3.63) is 35.4 Å². The summed E-state index contributed by atoms with van der Waals surface area (Å²) in [6.07, 6.45) is 0.718. The first kappa shape index (κ1) is 19.8. The van der Waals surface area contributed by atoms with E-state index in [2.05, 4.69) is 5.32 Å². The van der Waals surface area contributed by atoms with E-state index < -0.39 is 5.97 Å². The van der Waals surface area contributed by atoms with Gasteiger partial charge in [0.25, 0.3) is 5.91 Å². The first-order chi connectivity index (χ1) is 11.6. The molecule has 0 aliphatic carbocycles. The minimum absolute atomic E-state index is 0.214. The van der Waals surface area contributed by atoms with Crippen LogP contribution in [0.3, 0.4) is 0 Å². The number of hydrogen-bond donors (Lipinski definition) is 2. The van der Waals surface area contributed by atoms with Gasteiger partial charge in [-0.25, -0.2) is 4.79 Å². The number of carboxylic acid groups (broad SMARTS) is 1. The molecule has 1 amide bonds. The molecule has 0 atom stereocenters. The van der Waals surface area contributed by atoms with E-state index >= 15 is 0 Å². The fourth-order valence-electron chi connectivity index (χ4n) is 1.65. The van der Waals surface area contributed by atoms with Crippen molar-refractivity contribution in [3.63, 3.8) is 0 Å². The highest BCUT2D eigenvalue weighted by molar-refractivity contribution is 5.94. The lowest BCUT2D eigenvalue weighted by Gasteiger charge is -2.07. The van der Waals surface area contributed by atoms with Crippen molar-refractivity contribution in [2.45, 2.75) is 0 Å². The zero-order valence-corrected chi connectivity index (χ0v) is 13.2. The van der Waals surface area contributed by atoms with Crippen LogP contribution in [0.15, 0.2) is 24.3 Å². The van der Waals surface area contributed by atoms with Crippen molar-refractivity contribution in [2.24, 2.45) is 0 Å². The van der Waals surface area contributed by atoms with Gasteiger partial charge in [-0.1, -0.05) is 12.1 Å². The van der Waals surface area contributed by atoms with Gasteiger partial charge in [0.1, 0.15) is 12.9 Å². The van der Waals surface area contributed by atoms with Gasteiger partial charge in [-0.05, 0) is 12.1 Å². The molecule has 0 unspecified atom stereocenters. The predicted molar refractivity (Wildman–Crippen MR) is 84.3 cm³/mol. The summed E-state index contributed by atoms with van der Waals surface area (Å²) in [6, 6.07) is 6.33. The maximum Gasteiger partial charge on any atom is 0.329 e. The molecule has 1 aromatic carbocycles. The minimum Gasteiger partial charge on any atom is -0.480 e. The van der Waals surface area contributed by atoms with Crippen molar-refractivity contribution in [3.8, 4) is 0 Å². The molecule has 0 fully saturated rings. The van der Waals surface area contributed by atoms with Crippen LogP contribution in [-0.4, -0.2) is 69.5 Å². The molecule has 2 N–H and O–H groups in total. The molecule has 8 nitrogen and oxygen atoms in total. The molecular weight excluding hydrogens is 318 g/mol. The molecule has 0 spiro atoms. The maximum absolute atomic E-state index is 11.8. The van der Waals surface area contributed by atoms with Gasteiger partial charge in [-0.15, -0.1) is 0 Å². The fraction of sp³-hybridized carbons (Fsp3) is 0.438. The monoisotopic (exact) mass is 339 g/mol. The summed E-state index contributed by atoms with van der Waals surface area (Å²) < 4.78 is 15.2. The molecule has 24 heavy (non-hydrogen) atoms. The molecule has 0 aliphatic rings. The molecule has 0 heterocycles. The quantitative estimate of drug-likeness (QED) is 0.394. The number of benzene rings is 1. The Morgan fingerprint density at radius 2 is 1.54 bits per heavy atom. The lowest BCUT2D eigenvalue weighted by Crippen LogP contribution is -2.27. The largest absolute Gasteiger partial charge is 0.480 e. The van der Waals surface area contributed by atoms with Crippen LogP contribution in [0.25, 0.3) is 0 Å². The third-order valence-corrected chi connectivity index (χ3v) is 2.81. The fourth-order valence-corrected chi connectivity index (χ4v) is 1.65. The maximum atomic E-state index is 11.8. The van der Waals surface area contributed by atoms with Gasteiger partial charge in [-0.3, -0.25) is 9.59 Å². The number of carboxylic acids is 1. The number of amides is 1. The Morgan fingerprint density at radius 3 is 2.12 bits per heavy atom. The number of ether oxygens (including phenoxy) is 3. The summed E-state index contributed by atoms with van der Waals surface area (Å²) in [4.78, 5) is 32.5. The number of carbonyl (C=O) groups excluding carboxylic acids is 2. The van der Waals surface area contributed by atoms with Gasteiger partial charge in [-0.2, -0.15) is 0 Å². The average molecular weight is 339 g/mol. The molecule has 1 rings (SSSR count).